The minimum atomic E-state index is -0.629. The minimum absolute atomic E-state index is 0.172. The lowest BCUT2D eigenvalue weighted by atomic mass is 10.1. The van der Waals surface area contributed by atoms with E-state index in [4.69, 9.17) is 10.5 Å². The number of aromatic hydroxyl groups is 1. The molecule has 0 radical (unpaired) electrons. The van der Waals surface area contributed by atoms with Crippen molar-refractivity contribution in [1.29, 1.82) is 0 Å². The Labute approximate surface area is 140 Å². The number of nitrogens with two attached hydrogens (primary N) is 1. The van der Waals surface area contributed by atoms with E-state index in [2.05, 4.69) is 5.32 Å². The molecule has 0 spiro atoms. The zero-order valence-electron chi connectivity index (χ0n) is 13.3. The quantitative estimate of drug-likeness (QED) is 0.515. The number of carbonyl (C=O) groups excluding carboxylic acids is 1. The van der Waals surface area contributed by atoms with Crippen molar-refractivity contribution in [3.63, 3.8) is 0 Å². The molecule has 1 amide bonds. The molecule has 2 aromatic rings. The van der Waals surface area contributed by atoms with Crippen LogP contribution >= 0.6 is 0 Å². The Morgan fingerprint density at radius 3 is 2.42 bits per heavy atom. The Kier molecular flexibility index (Phi) is 6.60. The summed E-state index contributed by atoms with van der Waals surface area (Å²) in [6.07, 6.45) is 0.154. The lowest BCUT2D eigenvalue weighted by Crippen LogP contribution is -2.32. The van der Waals surface area contributed by atoms with Gasteiger partial charge in [0, 0.05) is 12.1 Å². The maximum Gasteiger partial charge on any atom is 0.248 e. The molecule has 6 nitrogen and oxygen atoms in total. The SMILES string of the molecule is NC(=O)c1ccc(CCNC[C@H](O)COc2ccc(O)cc2)cc1. The molecular weight excluding hydrogens is 308 g/mol. The Morgan fingerprint density at radius 2 is 1.79 bits per heavy atom. The summed E-state index contributed by atoms with van der Waals surface area (Å²) in [7, 11) is 0. The largest absolute Gasteiger partial charge is 0.508 e. The second-order valence-corrected chi connectivity index (χ2v) is 5.47. The maximum atomic E-state index is 11.0. The van der Waals surface area contributed by atoms with Gasteiger partial charge in [-0.25, -0.2) is 0 Å². The van der Waals surface area contributed by atoms with Gasteiger partial charge in [-0.15, -0.1) is 0 Å². The lowest BCUT2D eigenvalue weighted by Gasteiger charge is -2.13. The third kappa shape index (κ3) is 5.91. The van der Waals surface area contributed by atoms with Gasteiger partial charge < -0.3 is 26.0 Å². The van der Waals surface area contributed by atoms with Gasteiger partial charge in [-0.2, -0.15) is 0 Å². The normalized spacial score (nSPS) is 11.9. The molecule has 0 saturated heterocycles. The number of hydrogen-bond acceptors (Lipinski definition) is 5. The minimum Gasteiger partial charge on any atom is -0.508 e. The van der Waals surface area contributed by atoms with E-state index in [0.29, 0.717) is 24.4 Å². The molecule has 0 heterocycles. The number of carbonyl (C=O) groups is 1. The second-order valence-electron chi connectivity index (χ2n) is 5.47. The summed E-state index contributed by atoms with van der Waals surface area (Å²) in [5, 5.41) is 22.2. The van der Waals surface area contributed by atoms with E-state index in [9.17, 15) is 15.0 Å². The van der Waals surface area contributed by atoms with Gasteiger partial charge in [-0.05, 0) is 54.9 Å². The molecule has 24 heavy (non-hydrogen) atoms. The van der Waals surface area contributed by atoms with Crippen molar-refractivity contribution in [2.24, 2.45) is 5.73 Å². The molecule has 6 heteroatoms. The molecule has 0 bridgehead atoms. The molecule has 0 saturated carbocycles. The average molecular weight is 330 g/mol. The number of amides is 1. The Hall–Kier alpha value is -2.57. The molecule has 0 fully saturated rings. The van der Waals surface area contributed by atoms with Crippen molar-refractivity contribution in [1.82, 2.24) is 5.32 Å². The molecule has 0 aliphatic rings. The fraction of sp³-hybridized carbons (Fsp3) is 0.278. The first kappa shape index (κ1) is 17.8. The maximum absolute atomic E-state index is 11.0. The van der Waals surface area contributed by atoms with Gasteiger partial charge >= 0.3 is 0 Å². The molecule has 0 unspecified atom stereocenters. The van der Waals surface area contributed by atoms with E-state index in [0.717, 1.165) is 12.0 Å². The summed E-state index contributed by atoms with van der Waals surface area (Å²) in [6.45, 7) is 1.29. The zero-order chi connectivity index (χ0) is 17.4. The van der Waals surface area contributed by atoms with E-state index in [1.807, 2.05) is 12.1 Å². The number of primary amides is 1. The first-order valence-electron chi connectivity index (χ1n) is 7.74. The Morgan fingerprint density at radius 1 is 1.12 bits per heavy atom. The first-order valence-corrected chi connectivity index (χ1v) is 7.74. The van der Waals surface area contributed by atoms with Crippen LogP contribution in [-0.2, 0) is 6.42 Å². The van der Waals surface area contributed by atoms with Gasteiger partial charge in [0.1, 0.15) is 24.2 Å². The highest BCUT2D eigenvalue weighted by Crippen LogP contribution is 2.15. The zero-order valence-corrected chi connectivity index (χ0v) is 13.3. The van der Waals surface area contributed by atoms with E-state index < -0.39 is 12.0 Å². The fourth-order valence-corrected chi connectivity index (χ4v) is 2.13. The monoisotopic (exact) mass is 330 g/mol. The van der Waals surface area contributed by atoms with Crippen molar-refractivity contribution >= 4 is 5.91 Å². The molecular formula is C18H22N2O4. The van der Waals surface area contributed by atoms with Crippen LogP contribution in [0.3, 0.4) is 0 Å². The summed E-state index contributed by atoms with van der Waals surface area (Å²) in [4.78, 5) is 11.0. The third-order valence-electron chi connectivity index (χ3n) is 3.49. The molecule has 2 aromatic carbocycles. The van der Waals surface area contributed by atoms with Crippen LogP contribution in [0.15, 0.2) is 48.5 Å². The Bertz CT molecular complexity index is 641. The molecule has 128 valence electrons. The van der Waals surface area contributed by atoms with Crippen LogP contribution < -0.4 is 15.8 Å². The predicted octanol–water partition coefficient (Wildman–Crippen LogP) is 1.06. The number of phenolic OH excluding ortho intramolecular Hbond substituents is 1. The first-order chi connectivity index (χ1) is 11.5. The summed E-state index contributed by atoms with van der Waals surface area (Å²) in [5.74, 6) is 0.339. The summed E-state index contributed by atoms with van der Waals surface area (Å²) < 4.78 is 5.43. The standard InChI is InChI=1S/C18H22N2O4/c19-18(23)14-3-1-13(2-4-14)9-10-20-11-16(22)12-24-17-7-5-15(21)6-8-17/h1-8,16,20-22H,9-12H2,(H2,19,23)/t16-/m0/s1. The smallest absolute Gasteiger partial charge is 0.248 e. The van der Waals surface area contributed by atoms with E-state index in [1.54, 1.807) is 24.3 Å². The third-order valence-corrected chi connectivity index (χ3v) is 3.49. The number of benzene rings is 2. The molecule has 2 rings (SSSR count). The highest BCUT2D eigenvalue weighted by Gasteiger charge is 2.05. The van der Waals surface area contributed by atoms with Gasteiger partial charge in [0.25, 0.3) is 0 Å². The fourth-order valence-electron chi connectivity index (χ4n) is 2.13. The molecule has 0 aliphatic heterocycles. The summed E-state index contributed by atoms with van der Waals surface area (Å²) >= 11 is 0. The number of phenols is 1. The van der Waals surface area contributed by atoms with Crippen LogP contribution in [0.5, 0.6) is 11.5 Å². The van der Waals surface area contributed by atoms with Crippen LogP contribution in [0, 0.1) is 0 Å². The lowest BCUT2D eigenvalue weighted by molar-refractivity contribution is 0.1000. The van der Waals surface area contributed by atoms with Crippen molar-refractivity contribution in [2.75, 3.05) is 19.7 Å². The van der Waals surface area contributed by atoms with Crippen LogP contribution in [0.25, 0.3) is 0 Å². The van der Waals surface area contributed by atoms with Crippen molar-refractivity contribution in [2.45, 2.75) is 12.5 Å². The second kappa shape index (κ2) is 8.90. The molecule has 0 aliphatic carbocycles. The van der Waals surface area contributed by atoms with Crippen LogP contribution in [0.4, 0.5) is 0 Å². The number of nitrogens with one attached hydrogen (secondary N) is 1. The van der Waals surface area contributed by atoms with Crippen LogP contribution in [-0.4, -0.2) is 41.9 Å². The average Bonchev–Trinajstić information content (AvgIpc) is 2.58. The van der Waals surface area contributed by atoms with E-state index >= 15 is 0 Å². The Balaban J connectivity index is 1.62. The van der Waals surface area contributed by atoms with Gasteiger partial charge in [-0.3, -0.25) is 4.79 Å². The summed E-state index contributed by atoms with van der Waals surface area (Å²) in [5.41, 5.74) is 6.77. The van der Waals surface area contributed by atoms with Gasteiger partial charge in [0.2, 0.25) is 5.91 Å². The highest BCUT2D eigenvalue weighted by atomic mass is 16.5. The number of hydrogen-bond donors (Lipinski definition) is 4. The van der Waals surface area contributed by atoms with Crippen molar-refractivity contribution < 1.29 is 19.7 Å². The van der Waals surface area contributed by atoms with Crippen molar-refractivity contribution in [3.8, 4) is 11.5 Å². The topological polar surface area (TPSA) is 105 Å². The summed E-state index contributed by atoms with van der Waals surface area (Å²) in [6, 6.07) is 13.5. The molecule has 5 N–H and O–H groups in total. The predicted molar refractivity (Wildman–Crippen MR) is 91.1 cm³/mol. The number of rotatable bonds is 9. The van der Waals surface area contributed by atoms with Crippen LogP contribution in [0.1, 0.15) is 15.9 Å². The van der Waals surface area contributed by atoms with Gasteiger partial charge in [0.05, 0.1) is 0 Å². The molecule has 1 atom stereocenters. The number of aliphatic hydroxyl groups excluding tert-OH is 1. The van der Waals surface area contributed by atoms with E-state index in [1.165, 1.54) is 12.1 Å². The highest BCUT2D eigenvalue weighted by molar-refractivity contribution is 5.92. The van der Waals surface area contributed by atoms with E-state index in [-0.39, 0.29) is 12.4 Å². The molecule has 0 aromatic heterocycles. The number of aliphatic hydroxyl groups is 1. The van der Waals surface area contributed by atoms with Gasteiger partial charge in [-0.1, -0.05) is 12.1 Å². The number of ether oxygens (including phenoxy) is 1. The van der Waals surface area contributed by atoms with Crippen LogP contribution in [0.2, 0.25) is 0 Å². The van der Waals surface area contributed by atoms with Gasteiger partial charge in [0.15, 0.2) is 0 Å². The van der Waals surface area contributed by atoms with Crippen molar-refractivity contribution in [3.05, 3.63) is 59.7 Å².